The lowest BCUT2D eigenvalue weighted by Gasteiger charge is -2.36. The summed E-state index contributed by atoms with van der Waals surface area (Å²) in [5, 5.41) is 6.00. The number of piperazine rings is 1. The second-order valence-electron chi connectivity index (χ2n) is 8.24. The van der Waals surface area contributed by atoms with Gasteiger partial charge in [0.2, 0.25) is 12.7 Å². The Kier molecular flexibility index (Phi) is 6.99. The van der Waals surface area contributed by atoms with E-state index in [9.17, 15) is 9.59 Å². The first-order valence-corrected chi connectivity index (χ1v) is 11.9. The maximum atomic E-state index is 13.2. The number of halogens is 1. The molecule has 0 aliphatic carbocycles. The van der Waals surface area contributed by atoms with Gasteiger partial charge in [-0.2, -0.15) is 5.10 Å². The first kappa shape index (κ1) is 23.6. The summed E-state index contributed by atoms with van der Waals surface area (Å²) in [6, 6.07) is 16.1. The highest BCUT2D eigenvalue weighted by Crippen LogP contribution is 2.41. The van der Waals surface area contributed by atoms with Crippen LogP contribution in [0.15, 0.2) is 72.1 Å². The third-order valence-corrected chi connectivity index (χ3v) is 6.38. The summed E-state index contributed by atoms with van der Waals surface area (Å²) in [4.78, 5) is 34.2. The predicted molar refractivity (Wildman–Crippen MR) is 136 cm³/mol. The minimum Gasteiger partial charge on any atom is -0.454 e. The molecule has 0 N–H and O–H groups in total. The first-order chi connectivity index (χ1) is 17.6. The van der Waals surface area contributed by atoms with Crippen molar-refractivity contribution in [2.75, 3.05) is 44.4 Å². The lowest BCUT2D eigenvalue weighted by atomic mass is 10.2. The predicted octanol–water partition coefficient (Wildman–Crippen LogP) is 3.29. The van der Waals surface area contributed by atoms with Crippen LogP contribution in [0.1, 0.15) is 15.9 Å². The van der Waals surface area contributed by atoms with Crippen molar-refractivity contribution in [2.24, 2.45) is 5.10 Å². The molecule has 3 heterocycles. The van der Waals surface area contributed by atoms with E-state index in [4.69, 9.17) is 21.1 Å². The van der Waals surface area contributed by atoms with Gasteiger partial charge in [-0.3, -0.25) is 14.6 Å². The van der Waals surface area contributed by atoms with E-state index in [0.717, 1.165) is 17.2 Å². The van der Waals surface area contributed by atoms with Crippen molar-refractivity contribution in [3.05, 3.63) is 83.1 Å². The summed E-state index contributed by atoms with van der Waals surface area (Å²) in [6.07, 6.45) is 4.54. The fraction of sp³-hybridized carbons (Fsp3) is 0.231. The molecule has 0 unspecified atom stereocenters. The molecule has 0 atom stereocenters. The maximum Gasteiger partial charge on any atom is 0.274 e. The van der Waals surface area contributed by atoms with Crippen LogP contribution < -0.4 is 14.4 Å². The maximum absolute atomic E-state index is 13.2. The summed E-state index contributed by atoms with van der Waals surface area (Å²) in [5.74, 6) is 0.879. The molecule has 9 nitrogen and oxygen atoms in total. The number of ether oxygens (including phenoxy) is 2. The second kappa shape index (κ2) is 10.7. The highest BCUT2D eigenvalue weighted by Gasteiger charge is 2.28. The Hall–Kier alpha value is -4.11. The van der Waals surface area contributed by atoms with Gasteiger partial charge in [-0.05, 0) is 30.3 Å². The highest BCUT2D eigenvalue weighted by molar-refractivity contribution is 6.33. The minimum atomic E-state index is -0.398. The van der Waals surface area contributed by atoms with Gasteiger partial charge in [-0.1, -0.05) is 35.9 Å². The summed E-state index contributed by atoms with van der Waals surface area (Å²) >= 11 is 6.23. The number of aromatic nitrogens is 1. The van der Waals surface area contributed by atoms with Gasteiger partial charge in [0.05, 0.1) is 11.9 Å². The van der Waals surface area contributed by atoms with Gasteiger partial charge in [-0.15, -0.1) is 0 Å². The number of nitrogens with zero attached hydrogens (tertiary/aromatic N) is 5. The van der Waals surface area contributed by atoms with Crippen LogP contribution in [0.25, 0.3) is 0 Å². The number of hydrogen-bond donors (Lipinski definition) is 0. The molecule has 10 heteroatoms. The number of para-hydroxylation sites is 1. The van der Waals surface area contributed by atoms with Gasteiger partial charge >= 0.3 is 0 Å². The van der Waals surface area contributed by atoms with Crippen molar-refractivity contribution in [3.8, 4) is 11.5 Å². The Morgan fingerprint density at radius 1 is 1.00 bits per heavy atom. The van der Waals surface area contributed by atoms with Crippen LogP contribution >= 0.6 is 11.6 Å². The van der Waals surface area contributed by atoms with Crippen LogP contribution in [0.5, 0.6) is 11.5 Å². The third kappa shape index (κ3) is 5.11. The molecule has 36 heavy (non-hydrogen) atoms. The molecule has 2 aliphatic rings. The van der Waals surface area contributed by atoms with Crippen LogP contribution in [0.2, 0.25) is 5.02 Å². The molecular weight excluding hydrogens is 482 g/mol. The van der Waals surface area contributed by atoms with E-state index in [1.807, 2.05) is 30.3 Å². The molecule has 2 aromatic carbocycles. The highest BCUT2D eigenvalue weighted by atomic mass is 35.5. The van der Waals surface area contributed by atoms with Crippen LogP contribution in [-0.4, -0.2) is 72.4 Å². The molecule has 0 radical (unpaired) electrons. The zero-order chi connectivity index (χ0) is 24.9. The second-order valence-corrected chi connectivity index (χ2v) is 8.65. The molecule has 0 saturated carbocycles. The smallest absolute Gasteiger partial charge is 0.274 e. The van der Waals surface area contributed by atoms with Crippen LogP contribution in [0.3, 0.4) is 0 Å². The molecule has 5 rings (SSSR count). The Bertz CT molecular complexity index is 1280. The lowest BCUT2D eigenvalue weighted by molar-refractivity contribution is -0.132. The lowest BCUT2D eigenvalue weighted by Crippen LogP contribution is -2.51. The number of benzene rings is 2. The molecule has 0 spiro atoms. The fourth-order valence-corrected chi connectivity index (χ4v) is 4.29. The molecule has 0 bridgehead atoms. The Balaban J connectivity index is 1.28. The largest absolute Gasteiger partial charge is 0.454 e. The zero-order valence-corrected chi connectivity index (χ0v) is 20.2. The third-order valence-electron chi connectivity index (χ3n) is 6.04. The van der Waals surface area contributed by atoms with Crippen molar-refractivity contribution in [2.45, 2.75) is 0 Å². The number of rotatable bonds is 6. The fourth-order valence-electron chi connectivity index (χ4n) is 4.11. The normalized spacial score (nSPS) is 14.8. The quantitative estimate of drug-likeness (QED) is 0.377. The van der Waals surface area contributed by atoms with Crippen molar-refractivity contribution in [3.63, 3.8) is 0 Å². The van der Waals surface area contributed by atoms with Crippen LogP contribution in [-0.2, 0) is 4.79 Å². The number of fused-ring (bicyclic) bond motifs is 1. The number of hydrogen-bond acceptors (Lipinski definition) is 7. The molecule has 2 amide bonds. The SMILES string of the molecule is O=C(CN(/N=C/c1ccccc1Cl)C(=O)c1ccncc1)N1CCN(c2cccc3c2OCO3)CC1. The molecule has 1 fully saturated rings. The standard InChI is InChI=1S/C26H24ClN5O4/c27-21-5-2-1-4-20(21)16-29-32(26(34)19-8-10-28-11-9-19)17-24(33)31-14-12-30(13-15-31)22-6-3-7-23-25(22)36-18-35-23/h1-11,16H,12-15,17-18H2/b29-16+. The Morgan fingerprint density at radius 3 is 2.56 bits per heavy atom. The topological polar surface area (TPSA) is 87.6 Å². The van der Waals surface area contributed by atoms with Crippen molar-refractivity contribution < 1.29 is 19.1 Å². The van der Waals surface area contributed by atoms with E-state index in [-0.39, 0.29) is 19.2 Å². The van der Waals surface area contributed by atoms with Gasteiger partial charge < -0.3 is 19.3 Å². The van der Waals surface area contributed by atoms with E-state index < -0.39 is 5.91 Å². The number of hydrazone groups is 1. The van der Waals surface area contributed by atoms with E-state index in [1.165, 1.54) is 23.6 Å². The van der Waals surface area contributed by atoms with Crippen molar-refractivity contribution in [1.29, 1.82) is 0 Å². The van der Waals surface area contributed by atoms with Crippen LogP contribution in [0, 0.1) is 0 Å². The van der Waals surface area contributed by atoms with E-state index in [2.05, 4.69) is 15.0 Å². The molecular formula is C26H24ClN5O4. The Labute approximate surface area is 213 Å². The number of amides is 2. The average molecular weight is 506 g/mol. The first-order valence-electron chi connectivity index (χ1n) is 11.5. The number of anilines is 1. The summed E-state index contributed by atoms with van der Waals surface area (Å²) in [6.45, 7) is 2.30. The van der Waals surface area contributed by atoms with Gasteiger partial charge in [0.1, 0.15) is 6.54 Å². The number of carbonyl (C=O) groups is 2. The van der Waals surface area contributed by atoms with Crippen LogP contribution in [0.4, 0.5) is 5.69 Å². The molecule has 184 valence electrons. The summed E-state index contributed by atoms with van der Waals surface area (Å²) in [7, 11) is 0. The number of pyridine rings is 1. The van der Waals surface area contributed by atoms with E-state index in [1.54, 1.807) is 29.2 Å². The van der Waals surface area contributed by atoms with E-state index >= 15 is 0 Å². The Morgan fingerprint density at radius 2 is 1.78 bits per heavy atom. The molecule has 1 aromatic heterocycles. The zero-order valence-electron chi connectivity index (χ0n) is 19.4. The number of carbonyl (C=O) groups excluding carboxylic acids is 2. The average Bonchev–Trinajstić information content (AvgIpc) is 3.41. The molecule has 3 aromatic rings. The van der Waals surface area contributed by atoms with Gasteiger partial charge in [-0.25, -0.2) is 5.01 Å². The van der Waals surface area contributed by atoms with Gasteiger partial charge in [0, 0.05) is 54.7 Å². The molecule has 1 saturated heterocycles. The minimum absolute atomic E-state index is 0.189. The van der Waals surface area contributed by atoms with Crippen molar-refractivity contribution >= 4 is 35.3 Å². The summed E-state index contributed by atoms with van der Waals surface area (Å²) in [5.41, 5.74) is 1.99. The van der Waals surface area contributed by atoms with E-state index in [0.29, 0.717) is 42.3 Å². The monoisotopic (exact) mass is 505 g/mol. The molecule has 2 aliphatic heterocycles. The summed E-state index contributed by atoms with van der Waals surface area (Å²) < 4.78 is 11.1. The van der Waals surface area contributed by atoms with Crippen molar-refractivity contribution in [1.82, 2.24) is 14.9 Å². The van der Waals surface area contributed by atoms with Gasteiger partial charge in [0.25, 0.3) is 5.91 Å². The van der Waals surface area contributed by atoms with Gasteiger partial charge in [0.15, 0.2) is 11.5 Å².